The molecule has 6 heteroatoms. The van der Waals surface area contributed by atoms with Crippen LogP contribution in [-0.2, 0) is 6.54 Å². The number of fused-ring (bicyclic) bond motifs is 2. The highest BCUT2D eigenvalue weighted by Crippen LogP contribution is 2.44. The number of hydrogen-bond acceptors (Lipinski definition) is 4. The Bertz CT molecular complexity index is 982. The van der Waals surface area contributed by atoms with Gasteiger partial charge in [-0.25, -0.2) is 0 Å². The smallest absolute Gasteiger partial charge is 0.118 e. The highest BCUT2D eigenvalue weighted by atomic mass is 35.5. The molecule has 0 aliphatic carbocycles. The van der Waals surface area contributed by atoms with Gasteiger partial charge in [-0.15, -0.1) is 24.8 Å². The van der Waals surface area contributed by atoms with Crippen molar-refractivity contribution in [1.82, 2.24) is 14.8 Å². The van der Waals surface area contributed by atoms with Crippen LogP contribution in [0.2, 0.25) is 0 Å². The van der Waals surface area contributed by atoms with Crippen LogP contribution in [0.3, 0.4) is 0 Å². The summed E-state index contributed by atoms with van der Waals surface area (Å²) in [4.78, 5) is 10.0. The third kappa shape index (κ3) is 4.28. The molecule has 5 rings (SSSR count). The van der Waals surface area contributed by atoms with Gasteiger partial charge in [0.1, 0.15) is 5.75 Å². The van der Waals surface area contributed by atoms with Gasteiger partial charge in [0.2, 0.25) is 0 Å². The Morgan fingerprint density at radius 2 is 1.70 bits per heavy atom. The van der Waals surface area contributed by atoms with E-state index in [0.717, 1.165) is 36.8 Å². The Kier molecular flexibility index (Phi) is 7.25. The SMILES string of the molecule is COc1ccc([C@H]2[C@@H]3CN(Cc4ccc5ccccc5n4)C[C@@H]3CN2C)cc1.Cl.Cl. The Morgan fingerprint density at radius 3 is 2.47 bits per heavy atom. The fraction of sp³-hybridized carbons (Fsp3) is 0.375. The molecule has 0 unspecified atom stereocenters. The van der Waals surface area contributed by atoms with Crippen molar-refractivity contribution >= 4 is 35.7 Å². The van der Waals surface area contributed by atoms with Crippen molar-refractivity contribution in [2.75, 3.05) is 33.8 Å². The topological polar surface area (TPSA) is 28.6 Å². The molecule has 1 aromatic heterocycles. The molecule has 2 fully saturated rings. The van der Waals surface area contributed by atoms with Gasteiger partial charge in [-0.05, 0) is 48.7 Å². The van der Waals surface area contributed by atoms with Crippen LogP contribution in [0.25, 0.3) is 10.9 Å². The lowest BCUT2D eigenvalue weighted by atomic mass is 9.89. The first-order valence-electron chi connectivity index (χ1n) is 10.1. The molecule has 3 aromatic rings. The predicted molar refractivity (Wildman–Crippen MR) is 127 cm³/mol. The molecule has 3 atom stereocenters. The van der Waals surface area contributed by atoms with Gasteiger partial charge in [0.15, 0.2) is 0 Å². The molecular formula is C24H29Cl2N3O. The zero-order valence-corrected chi connectivity index (χ0v) is 19.0. The second kappa shape index (κ2) is 9.52. The number of halogens is 2. The molecule has 3 heterocycles. The largest absolute Gasteiger partial charge is 0.497 e. The molecule has 0 bridgehead atoms. The highest BCUT2D eigenvalue weighted by Gasteiger charge is 2.45. The first kappa shape index (κ1) is 22.8. The van der Waals surface area contributed by atoms with E-state index >= 15 is 0 Å². The predicted octanol–water partition coefficient (Wildman–Crippen LogP) is 4.82. The summed E-state index contributed by atoms with van der Waals surface area (Å²) >= 11 is 0. The quantitative estimate of drug-likeness (QED) is 0.575. The van der Waals surface area contributed by atoms with Crippen molar-refractivity contribution in [1.29, 1.82) is 0 Å². The summed E-state index contributed by atoms with van der Waals surface area (Å²) in [6, 6.07) is 21.9. The molecule has 2 saturated heterocycles. The molecular weight excluding hydrogens is 417 g/mol. The Balaban J connectivity index is 0.00000128. The summed E-state index contributed by atoms with van der Waals surface area (Å²) < 4.78 is 5.33. The first-order chi connectivity index (χ1) is 13.7. The number of benzene rings is 2. The molecule has 2 aromatic carbocycles. The van der Waals surface area contributed by atoms with E-state index in [4.69, 9.17) is 9.72 Å². The lowest BCUT2D eigenvalue weighted by Crippen LogP contribution is -2.29. The van der Waals surface area contributed by atoms with E-state index < -0.39 is 0 Å². The average Bonchev–Trinajstić information content (AvgIpc) is 3.23. The summed E-state index contributed by atoms with van der Waals surface area (Å²) in [7, 11) is 3.99. The van der Waals surface area contributed by atoms with Crippen molar-refractivity contribution < 1.29 is 4.74 Å². The van der Waals surface area contributed by atoms with Crippen LogP contribution < -0.4 is 4.74 Å². The van der Waals surface area contributed by atoms with E-state index in [9.17, 15) is 0 Å². The number of hydrogen-bond donors (Lipinski definition) is 0. The van der Waals surface area contributed by atoms with Gasteiger partial charge in [-0.3, -0.25) is 14.8 Å². The Hall–Kier alpha value is -1.85. The molecule has 0 spiro atoms. The number of rotatable bonds is 4. The number of likely N-dealkylation sites (tertiary alicyclic amines) is 2. The van der Waals surface area contributed by atoms with Crippen molar-refractivity contribution in [2.24, 2.45) is 11.8 Å². The zero-order valence-electron chi connectivity index (χ0n) is 17.4. The van der Waals surface area contributed by atoms with Crippen LogP contribution in [0.1, 0.15) is 17.3 Å². The van der Waals surface area contributed by atoms with Crippen molar-refractivity contribution in [2.45, 2.75) is 12.6 Å². The third-order valence-electron chi connectivity index (χ3n) is 6.47. The summed E-state index contributed by atoms with van der Waals surface area (Å²) in [6.45, 7) is 4.41. The van der Waals surface area contributed by atoms with Gasteiger partial charge in [-0.2, -0.15) is 0 Å². The van der Waals surface area contributed by atoms with Gasteiger partial charge < -0.3 is 4.74 Å². The van der Waals surface area contributed by atoms with E-state index in [0.29, 0.717) is 12.0 Å². The maximum Gasteiger partial charge on any atom is 0.118 e. The maximum atomic E-state index is 5.33. The van der Waals surface area contributed by atoms with Crippen LogP contribution in [0.4, 0.5) is 0 Å². The van der Waals surface area contributed by atoms with Gasteiger partial charge in [-0.1, -0.05) is 36.4 Å². The third-order valence-corrected chi connectivity index (χ3v) is 6.47. The molecule has 0 saturated carbocycles. The molecule has 2 aliphatic rings. The molecule has 4 nitrogen and oxygen atoms in total. The van der Waals surface area contributed by atoms with Crippen molar-refractivity contribution in [3.63, 3.8) is 0 Å². The summed E-state index contributed by atoms with van der Waals surface area (Å²) in [5, 5.41) is 1.21. The minimum absolute atomic E-state index is 0. The van der Waals surface area contributed by atoms with E-state index in [1.165, 1.54) is 23.2 Å². The van der Waals surface area contributed by atoms with Crippen molar-refractivity contribution in [3.8, 4) is 5.75 Å². The molecule has 0 radical (unpaired) electrons. The van der Waals surface area contributed by atoms with E-state index in [1.54, 1.807) is 7.11 Å². The Labute approximate surface area is 191 Å². The van der Waals surface area contributed by atoms with E-state index in [2.05, 4.69) is 77.5 Å². The summed E-state index contributed by atoms with van der Waals surface area (Å²) in [5.41, 5.74) is 3.67. The number of methoxy groups -OCH3 is 1. The molecule has 0 amide bonds. The molecule has 2 aliphatic heterocycles. The fourth-order valence-corrected chi connectivity index (χ4v) is 5.21. The second-order valence-corrected chi connectivity index (χ2v) is 8.27. The van der Waals surface area contributed by atoms with Gasteiger partial charge in [0.25, 0.3) is 0 Å². The summed E-state index contributed by atoms with van der Waals surface area (Å²) in [5.74, 6) is 2.34. The maximum absolute atomic E-state index is 5.33. The second-order valence-electron chi connectivity index (χ2n) is 8.27. The zero-order chi connectivity index (χ0) is 19.1. The minimum Gasteiger partial charge on any atom is -0.497 e. The molecule has 0 N–H and O–H groups in total. The highest BCUT2D eigenvalue weighted by molar-refractivity contribution is 5.85. The number of ether oxygens (including phenoxy) is 1. The van der Waals surface area contributed by atoms with Crippen LogP contribution in [0.15, 0.2) is 60.7 Å². The summed E-state index contributed by atoms with van der Waals surface area (Å²) in [6.07, 6.45) is 0. The van der Waals surface area contributed by atoms with E-state index in [1.807, 2.05) is 0 Å². The Morgan fingerprint density at radius 1 is 0.933 bits per heavy atom. The molecule has 30 heavy (non-hydrogen) atoms. The first-order valence-corrected chi connectivity index (χ1v) is 10.1. The van der Waals surface area contributed by atoms with Crippen LogP contribution in [0, 0.1) is 11.8 Å². The van der Waals surface area contributed by atoms with Gasteiger partial charge in [0.05, 0.1) is 18.3 Å². The number of para-hydroxylation sites is 1. The van der Waals surface area contributed by atoms with Gasteiger partial charge in [0, 0.05) is 37.6 Å². The number of aromatic nitrogens is 1. The number of nitrogens with zero attached hydrogens (tertiary/aromatic N) is 3. The number of pyridine rings is 1. The normalized spacial score (nSPS) is 23.6. The average molecular weight is 446 g/mol. The minimum atomic E-state index is 0. The molecule has 160 valence electrons. The monoisotopic (exact) mass is 445 g/mol. The lowest BCUT2D eigenvalue weighted by molar-refractivity contribution is 0.223. The lowest BCUT2D eigenvalue weighted by Gasteiger charge is -2.27. The van der Waals surface area contributed by atoms with Crippen LogP contribution in [-0.4, -0.2) is 48.6 Å². The van der Waals surface area contributed by atoms with E-state index in [-0.39, 0.29) is 24.8 Å². The standard InChI is InChI=1S/C24H27N3O.2ClH/c1-26-13-19-14-27(15-20-10-7-17-5-3-4-6-23(17)25-20)16-22(19)24(26)18-8-11-21(28-2)12-9-18;;/h3-12,19,22,24H,13-16H2,1-2H3;2*1H/t19-,22+,24-;;/m0../s1. The van der Waals surface area contributed by atoms with Crippen LogP contribution in [0.5, 0.6) is 5.75 Å². The fourth-order valence-electron chi connectivity index (χ4n) is 5.21. The van der Waals surface area contributed by atoms with Crippen LogP contribution >= 0.6 is 24.8 Å². The van der Waals surface area contributed by atoms with Gasteiger partial charge >= 0.3 is 0 Å². The van der Waals surface area contributed by atoms with Crippen molar-refractivity contribution in [3.05, 3.63) is 71.9 Å².